The molecule has 0 saturated carbocycles. The maximum absolute atomic E-state index is 13.3. The second-order valence-corrected chi connectivity index (χ2v) is 6.22. The summed E-state index contributed by atoms with van der Waals surface area (Å²) < 4.78 is 14.2. The highest BCUT2D eigenvalue weighted by Crippen LogP contribution is 2.28. The largest absolute Gasteiger partial charge is 0.396 e. The van der Waals surface area contributed by atoms with E-state index in [-0.39, 0.29) is 11.5 Å². The molecule has 2 nitrogen and oxygen atoms in total. The Morgan fingerprint density at radius 1 is 1.41 bits per heavy atom. The van der Waals surface area contributed by atoms with E-state index >= 15 is 0 Å². The van der Waals surface area contributed by atoms with E-state index < -0.39 is 5.82 Å². The molecular weight excluding hydrogens is 305 g/mol. The van der Waals surface area contributed by atoms with Crippen molar-refractivity contribution >= 4 is 38.7 Å². The molecule has 17 heavy (non-hydrogen) atoms. The molecule has 0 radical (unpaired) electrons. The standard InChI is InChI=1S/C12H9BrFNOS/c1-6-8(5-11(13)17-6)12(16)7-2-3-10(15)9(14)4-7/h2-5H,15H2,1H3. The van der Waals surface area contributed by atoms with Gasteiger partial charge in [-0.05, 0) is 47.1 Å². The molecule has 0 amide bonds. The number of carbonyl (C=O) groups is 1. The first-order chi connectivity index (χ1) is 7.99. The van der Waals surface area contributed by atoms with E-state index in [0.29, 0.717) is 11.1 Å². The van der Waals surface area contributed by atoms with E-state index in [2.05, 4.69) is 15.9 Å². The Kier molecular flexibility index (Phi) is 3.31. The van der Waals surface area contributed by atoms with Crippen LogP contribution in [0.2, 0.25) is 0 Å². The van der Waals surface area contributed by atoms with Crippen LogP contribution in [-0.2, 0) is 0 Å². The monoisotopic (exact) mass is 313 g/mol. The van der Waals surface area contributed by atoms with Gasteiger partial charge in [0.1, 0.15) is 5.82 Å². The third kappa shape index (κ3) is 2.40. The Balaban J connectivity index is 2.44. The number of carbonyl (C=O) groups excluding carboxylic acids is 1. The van der Waals surface area contributed by atoms with Gasteiger partial charge in [0.15, 0.2) is 5.78 Å². The molecule has 1 aromatic carbocycles. The van der Waals surface area contributed by atoms with Crippen molar-refractivity contribution in [1.29, 1.82) is 0 Å². The van der Waals surface area contributed by atoms with E-state index in [1.165, 1.54) is 29.5 Å². The number of halogens is 2. The van der Waals surface area contributed by atoms with Crippen LogP contribution in [0.1, 0.15) is 20.8 Å². The van der Waals surface area contributed by atoms with Crippen LogP contribution in [-0.4, -0.2) is 5.78 Å². The minimum absolute atomic E-state index is 0.0461. The fourth-order valence-corrected chi connectivity index (χ4v) is 3.18. The molecule has 5 heteroatoms. The van der Waals surface area contributed by atoms with Gasteiger partial charge in [-0.15, -0.1) is 11.3 Å². The van der Waals surface area contributed by atoms with Crippen LogP contribution in [0.4, 0.5) is 10.1 Å². The average Bonchev–Trinajstić information content (AvgIpc) is 2.61. The number of rotatable bonds is 2. The van der Waals surface area contributed by atoms with Crippen molar-refractivity contribution < 1.29 is 9.18 Å². The lowest BCUT2D eigenvalue weighted by atomic mass is 10.0. The van der Waals surface area contributed by atoms with E-state index in [1.807, 2.05) is 6.92 Å². The first-order valence-corrected chi connectivity index (χ1v) is 6.45. The van der Waals surface area contributed by atoms with E-state index in [1.54, 1.807) is 6.07 Å². The molecule has 2 N–H and O–H groups in total. The van der Waals surface area contributed by atoms with Crippen LogP contribution in [0.15, 0.2) is 28.1 Å². The van der Waals surface area contributed by atoms with Crippen molar-refractivity contribution in [2.45, 2.75) is 6.92 Å². The summed E-state index contributed by atoms with van der Waals surface area (Å²) in [5.74, 6) is -0.758. The normalized spacial score (nSPS) is 10.5. The van der Waals surface area contributed by atoms with Crippen LogP contribution < -0.4 is 5.73 Å². The molecule has 0 aliphatic rings. The highest BCUT2D eigenvalue weighted by molar-refractivity contribution is 9.11. The summed E-state index contributed by atoms with van der Waals surface area (Å²) in [5.41, 5.74) is 6.32. The molecule has 0 atom stereocenters. The van der Waals surface area contributed by atoms with Gasteiger partial charge in [-0.1, -0.05) is 0 Å². The molecule has 0 fully saturated rings. The number of anilines is 1. The molecule has 0 aliphatic carbocycles. The number of thiophene rings is 1. The van der Waals surface area contributed by atoms with Crippen molar-refractivity contribution in [3.8, 4) is 0 Å². The van der Waals surface area contributed by atoms with Gasteiger partial charge in [0.05, 0.1) is 9.47 Å². The third-order valence-corrected chi connectivity index (χ3v) is 3.95. The van der Waals surface area contributed by atoms with Gasteiger partial charge in [-0.2, -0.15) is 0 Å². The summed E-state index contributed by atoms with van der Waals surface area (Å²) in [5, 5.41) is 0. The van der Waals surface area contributed by atoms with Gasteiger partial charge in [0.2, 0.25) is 0 Å². The summed E-state index contributed by atoms with van der Waals surface area (Å²) in [6, 6.07) is 5.85. The average molecular weight is 314 g/mol. The highest BCUT2D eigenvalue weighted by atomic mass is 79.9. The Hall–Kier alpha value is -1.20. The molecule has 0 spiro atoms. The lowest BCUT2D eigenvalue weighted by Gasteiger charge is -2.02. The molecule has 1 heterocycles. The van der Waals surface area contributed by atoms with Crippen molar-refractivity contribution in [3.63, 3.8) is 0 Å². The molecular formula is C12H9BrFNOS. The Morgan fingerprint density at radius 3 is 2.65 bits per heavy atom. The number of nitrogens with two attached hydrogens (primary N) is 1. The Morgan fingerprint density at radius 2 is 2.12 bits per heavy atom. The number of hydrogen-bond acceptors (Lipinski definition) is 3. The number of aryl methyl sites for hydroxylation is 1. The van der Waals surface area contributed by atoms with Crippen molar-refractivity contribution in [3.05, 3.63) is 49.9 Å². The minimum atomic E-state index is -0.567. The molecule has 1 aromatic heterocycles. The fraction of sp³-hybridized carbons (Fsp3) is 0.0833. The van der Waals surface area contributed by atoms with Gasteiger partial charge in [0, 0.05) is 16.0 Å². The lowest BCUT2D eigenvalue weighted by molar-refractivity contribution is 0.103. The maximum Gasteiger partial charge on any atom is 0.194 e. The number of benzene rings is 1. The lowest BCUT2D eigenvalue weighted by Crippen LogP contribution is -2.03. The number of hydrogen-bond donors (Lipinski definition) is 1. The predicted octanol–water partition coefficient (Wildman–Crippen LogP) is 3.77. The molecule has 0 unspecified atom stereocenters. The predicted molar refractivity (Wildman–Crippen MR) is 71.0 cm³/mol. The molecule has 0 saturated heterocycles. The van der Waals surface area contributed by atoms with Crippen LogP contribution in [0.25, 0.3) is 0 Å². The minimum Gasteiger partial charge on any atom is -0.396 e. The first kappa shape index (κ1) is 12.3. The van der Waals surface area contributed by atoms with Gasteiger partial charge in [-0.3, -0.25) is 4.79 Å². The smallest absolute Gasteiger partial charge is 0.194 e. The van der Waals surface area contributed by atoms with Gasteiger partial charge >= 0.3 is 0 Å². The van der Waals surface area contributed by atoms with E-state index in [4.69, 9.17) is 5.73 Å². The Labute approximate surface area is 110 Å². The summed E-state index contributed by atoms with van der Waals surface area (Å²) in [6.45, 7) is 1.86. The summed E-state index contributed by atoms with van der Waals surface area (Å²) in [7, 11) is 0. The zero-order valence-corrected chi connectivity index (χ0v) is 11.4. The van der Waals surface area contributed by atoms with Crippen molar-refractivity contribution in [2.24, 2.45) is 0 Å². The van der Waals surface area contributed by atoms with E-state index in [0.717, 1.165) is 8.66 Å². The fourth-order valence-electron chi connectivity index (χ4n) is 1.50. The van der Waals surface area contributed by atoms with Crippen molar-refractivity contribution in [1.82, 2.24) is 0 Å². The first-order valence-electron chi connectivity index (χ1n) is 4.84. The summed E-state index contributed by atoms with van der Waals surface area (Å²) in [6.07, 6.45) is 0. The van der Waals surface area contributed by atoms with Crippen LogP contribution in [0.5, 0.6) is 0 Å². The quantitative estimate of drug-likeness (QED) is 0.677. The molecule has 2 aromatic rings. The van der Waals surface area contributed by atoms with Crippen LogP contribution in [0.3, 0.4) is 0 Å². The molecule has 88 valence electrons. The summed E-state index contributed by atoms with van der Waals surface area (Å²) >= 11 is 4.80. The maximum atomic E-state index is 13.3. The number of ketones is 1. The van der Waals surface area contributed by atoms with Crippen LogP contribution >= 0.6 is 27.3 Å². The third-order valence-electron chi connectivity index (χ3n) is 2.39. The summed E-state index contributed by atoms with van der Waals surface area (Å²) in [4.78, 5) is 13.0. The Bertz CT molecular complexity index is 594. The molecule has 2 rings (SSSR count). The van der Waals surface area contributed by atoms with Gasteiger partial charge in [-0.25, -0.2) is 4.39 Å². The second kappa shape index (κ2) is 4.58. The zero-order valence-electron chi connectivity index (χ0n) is 8.96. The highest BCUT2D eigenvalue weighted by Gasteiger charge is 2.15. The van der Waals surface area contributed by atoms with Crippen LogP contribution in [0, 0.1) is 12.7 Å². The zero-order chi connectivity index (χ0) is 12.6. The van der Waals surface area contributed by atoms with Gasteiger partial charge in [0.25, 0.3) is 0 Å². The van der Waals surface area contributed by atoms with Crippen molar-refractivity contribution in [2.75, 3.05) is 5.73 Å². The topological polar surface area (TPSA) is 43.1 Å². The second-order valence-electron chi connectivity index (χ2n) is 3.59. The SMILES string of the molecule is Cc1sc(Br)cc1C(=O)c1ccc(N)c(F)c1. The molecule has 0 aliphatic heterocycles. The number of nitrogen functional groups attached to an aromatic ring is 1. The molecule has 0 bridgehead atoms. The van der Waals surface area contributed by atoms with Gasteiger partial charge < -0.3 is 5.73 Å². The van der Waals surface area contributed by atoms with E-state index in [9.17, 15) is 9.18 Å².